The molecule has 2 fully saturated rings. The first kappa shape index (κ1) is 24.3. The number of nitrogens with one attached hydrogen (secondary N) is 1. The summed E-state index contributed by atoms with van der Waals surface area (Å²) in [7, 11) is 1.38. The van der Waals surface area contributed by atoms with E-state index in [1.807, 2.05) is 24.5 Å². The van der Waals surface area contributed by atoms with Crippen LogP contribution >= 0.6 is 0 Å². The van der Waals surface area contributed by atoms with Crippen LogP contribution < -0.4 is 5.32 Å². The van der Waals surface area contributed by atoms with Crippen molar-refractivity contribution in [1.82, 2.24) is 20.1 Å². The Hall–Kier alpha value is -2.81. The average Bonchev–Trinajstić information content (AvgIpc) is 3.24. The van der Waals surface area contributed by atoms with Crippen molar-refractivity contribution >= 4 is 11.9 Å². The third kappa shape index (κ3) is 6.20. The first-order valence-corrected chi connectivity index (χ1v) is 12.0. The zero-order valence-corrected chi connectivity index (χ0v) is 19.8. The van der Waals surface area contributed by atoms with E-state index in [1.54, 1.807) is 12.1 Å². The van der Waals surface area contributed by atoms with E-state index in [-0.39, 0.29) is 24.0 Å². The number of carbonyl (C=O) groups excluding carboxylic acids is 2. The molecule has 0 spiro atoms. The van der Waals surface area contributed by atoms with Crippen molar-refractivity contribution in [1.29, 1.82) is 0 Å². The Bertz CT molecular complexity index is 932. The molecule has 1 aromatic carbocycles. The van der Waals surface area contributed by atoms with Gasteiger partial charge in [0.2, 0.25) is 5.91 Å². The highest BCUT2D eigenvalue weighted by Gasteiger charge is 2.34. The smallest absolute Gasteiger partial charge is 0.337 e. The minimum atomic E-state index is -0.326. The Labute approximate surface area is 201 Å². The number of rotatable bonds is 10. The topological polar surface area (TPSA) is 84.0 Å². The minimum absolute atomic E-state index is 0.151. The van der Waals surface area contributed by atoms with Gasteiger partial charge < -0.3 is 19.7 Å². The third-order valence-corrected chi connectivity index (χ3v) is 6.76. The number of nitrogens with zero attached hydrogens (tertiary/aromatic N) is 3. The maximum absolute atomic E-state index is 12.8. The van der Waals surface area contributed by atoms with Gasteiger partial charge in [0.05, 0.1) is 31.9 Å². The van der Waals surface area contributed by atoms with Crippen molar-refractivity contribution in [2.24, 2.45) is 0 Å². The molecule has 1 N–H and O–H groups in total. The van der Waals surface area contributed by atoms with E-state index in [0.717, 1.165) is 57.8 Å². The summed E-state index contributed by atoms with van der Waals surface area (Å²) in [6.45, 7) is 5.43. The number of carbonyl (C=O) groups is 2. The summed E-state index contributed by atoms with van der Waals surface area (Å²) >= 11 is 0. The van der Waals surface area contributed by atoms with Gasteiger partial charge in [-0.05, 0) is 54.8 Å². The monoisotopic (exact) mass is 466 g/mol. The summed E-state index contributed by atoms with van der Waals surface area (Å²) in [5.41, 5.74) is 2.86. The number of esters is 1. The average molecular weight is 467 g/mol. The van der Waals surface area contributed by atoms with Crippen LogP contribution in [0.15, 0.2) is 48.8 Å². The van der Waals surface area contributed by atoms with Crippen LogP contribution in [0.25, 0.3) is 0 Å². The van der Waals surface area contributed by atoms with Gasteiger partial charge in [0.25, 0.3) is 0 Å². The molecule has 2 aliphatic rings. The molecule has 2 atom stereocenters. The first-order valence-electron chi connectivity index (χ1n) is 12.0. The second-order valence-electron chi connectivity index (χ2n) is 8.84. The minimum Gasteiger partial charge on any atom is -0.465 e. The molecule has 0 unspecified atom stereocenters. The Kier molecular flexibility index (Phi) is 8.62. The predicted molar refractivity (Wildman–Crippen MR) is 128 cm³/mol. The summed E-state index contributed by atoms with van der Waals surface area (Å²) in [5, 5.41) is 3.49. The second-order valence-corrected chi connectivity index (χ2v) is 8.84. The number of benzene rings is 1. The SMILES string of the molecule is COC(=O)c1ccc(CNCC[C@@H]2CCC(=O)N2C[C@@H](c2ccncc2)N2CCOCC2)cc1. The summed E-state index contributed by atoms with van der Waals surface area (Å²) in [6, 6.07) is 11.9. The van der Waals surface area contributed by atoms with Crippen molar-refractivity contribution in [3.8, 4) is 0 Å². The molecule has 8 heteroatoms. The summed E-state index contributed by atoms with van der Waals surface area (Å²) in [4.78, 5) is 33.1. The number of methoxy groups -OCH3 is 1. The number of ether oxygens (including phenoxy) is 2. The van der Waals surface area contributed by atoms with Gasteiger partial charge in [0.1, 0.15) is 0 Å². The number of aromatic nitrogens is 1. The van der Waals surface area contributed by atoms with Crippen LogP contribution in [-0.2, 0) is 20.8 Å². The van der Waals surface area contributed by atoms with Gasteiger partial charge in [-0.1, -0.05) is 12.1 Å². The van der Waals surface area contributed by atoms with Crippen LogP contribution in [0, 0.1) is 0 Å². The lowest BCUT2D eigenvalue weighted by Gasteiger charge is -2.38. The summed E-state index contributed by atoms with van der Waals surface area (Å²) in [5.74, 6) is -0.0802. The molecule has 8 nitrogen and oxygen atoms in total. The van der Waals surface area contributed by atoms with Crippen molar-refractivity contribution < 1.29 is 19.1 Å². The molecule has 0 radical (unpaired) electrons. The molecule has 1 aromatic heterocycles. The molecule has 34 heavy (non-hydrogen) atoms. The molecule has 3 heterocycles. The Morgan fingerprint density at radius 1 is 1.18 bits per heavy atom. The maximum atomic E-state index is 12.8. The second kappa shape index (κ2) is 12.1. The maximum Gasteiger partial charge on any atom is 0.337 e. The van der Waals surface area contributed by atoms with Gasteiger partial charge in [0, 0.05) is 51.0 Å². The Morgan fingerprint density at radius 3 is 2.62 bits per heavy atom. The molecule has 0 aliphatic carbocycles. The molecular formula is C26H34N4O4. The molecule has 2 aromatic rings. The van der Waals surface area contributed by atoms with Gasteiger partial charge in [-0.2, -0.15) is 0 Å². The van der Waals surface area contributed by atoms with Crippen molar-refractivity contribution in [3.63, 3.8) is 0 Å². The Morgan fingerprint density at radius 2 is 1.91 bits per heavy atom. The van der Waals surface area contributed by atoms with E-state index in [9.17, 15) is 9.59 Å². The lowest BCUT2D eigenvalue weighted by atomic mass is 10.0. The lowest BCUT2D eigenvalue weighted by molar-refractivity contribution is -0.130. The van der Waals surface area contributed by atoms with Crippen LogP contribution in [-0.4, -0.2) is 79.2 Å². The fourth-order valence-corrected chi connectivity index (χ4v) is 4.81. The van der Waals surface area contributed by atoms with Crippen LogP contribution in [0.1, 0.15) is 46.8 Å². The highest BCUT2D eigenvalue weighted by Crippen LogP contribution is 2.28. The van der Waals surface area contributed by atoms with E-state index < -0.39 is 0 Å². The molecule has 4 rings (SSSR count). The first-order chi connectivity index (χ1) is 16.7. The quantitative estimate of drug-likeness (QED) is 0.425. The molecule has 0 bridgehead atoms. The van der Waals surface area contributed by atoms with E-state index in [4.69, 9.17) is 9.47 Å². The number of hydrogen-bond donors (Lipinski definition) is 1. The lowest BCUT2D eigenvalue weighted by Crippen LogP contribution is -2.46. The van der Waals surface area contributed by atoms with Crippen molar-refractivity contribution in [3.05, 3.63) is 65.5 Å². The fourth-order valence-electron chi connectivity index (χ4n) is 4.81. The van der Waals surface area contributed by atoms with Crippen LogP contribution in [0.2, 0.25) is 0 Å². The van der Waals surface area contributed by atoms with E-state index in [2.05, 4.69) is 32.2 Å². The number of pyridine rings is 1. The van der Waals surface area contributed by atoms with E-state index >= 15 is 0 Å². The molecular weight excluding hydrogens is 432 g/mol. The van der Waals surface area contributed by atoms with Crippen LogP contribution in [0.4, 0.5) is 0 Å². The fraction of sp³-hybridized carbons (Fsp3) is 0.500. The highest BCUT2D eigenvalue weighted by molar-refractivity contribution is 5.89. The van der Waals surface area contributed by atoms with Gasteiger partial charge >= 0.3 is 5.97 Å². The number of hydrogen-bond acceptors (Lipinski definition) is 7. The zero-order valence-electron chi connectivity index (χ0n) is 19.8. The summed E-state index contributed by atoms with van der Waals surface area (Å²) in [6.07, 6.45) is 6.09. The van der Waals surface area contributed by atoms with Gasteiger partial charge in [-0.25, -0.2) is 4.79 Å². The van der Waals surface area contributed by atoms with Crippen molar-refractivity contribution in [2.45, 2.75) is 37.9 Å². The highest BCUT2D eigenvalue weighted by atomic mass is 16.5. The van der Waals surface area contributed by atoms with Gasteiger partial charge in [-0.3, -0.25) is 14.7 Å². The molecule has 2 saturated heterocycles. The Balaban J connectivity index is 1.32. The standard InChI is InChI=1S/C26H34N4O4/c1-33-26(32)22-4-2-20(3-5-22)18-28-13-10-23-6-7-25(31)30(23)19-24(21-8-11-27-12-9-21)29-14-16-34-17-15-29/h2-5,8-9,11-12,23-24,28H,6-7,10,13-19H2,1H3/t23-,24-/m0/s1. The van der Waals surface area contributed by atoms with Crippen LogP contribution in [0.5, 0.6) is 0 Å². The molecule has 0 saturated carbocycles. The number of amides is 1. The number of morpholine rings is 1. The molecule has 2 aliphatic heterocycles. The van der Waals surface area contributed by atoms with Crippen LogP contribution in [0.3, 0.4) is 0 Å². The zero-order chi connectivity index (χ0) is 23.8. The largest absolute Gasteiger partial charge is 0.465 e. The van der Waals surface area contributed by atoms with E-state index in [1.165, 1.54) is 12.7 Å². The third-order valence-electron chi connectivity index (χ3n) is 6.76. The normalized spacial score (nSPS) is 19.9. The predicted octanol–water partition coefficient (Wildman–Crippen LogP) is 2.41. The molecule has 182 valence electrons. The van der Waals surface area contributed by atoms with Gasteiger partial charge in [-0.15, -0.1) is 0 Å². The van der Waals surface area contributed by atoms with Gasteiger partial charge in [0.15, 0.2) is 0 Å². The van der Waals surface area contributed by atoms with Crippen molar-refractivity contribution in [2.75, 3.05) is 46.5 Å². The summed E-state index contributed by atoms with van der Waals surface area (Å²) < 4.78 is 10.3. The number of likely N-dealkylation sites (tertiary alicyclic amines) is 1. The van der Waals surface area contributed by atoms with E-state index in [0.29, 0.717) is 18.5 Å². The molecule has 1 amide bonds.